The van der Waals surface area contributed by atoms with Crippen molar-refractivity contribution in [3.63, 3.8) is 0 Å². The molecule has 0 saturated carbocycles. The van der Waals surface area contributed by atoms with Crippen LogP contribution >= 0.6 is 0 Å². The van der Waals surface area contributed by atoms with E-state index in [9.17, 15) is 4.79 Å². The molecule has 2 heterocycles. The summed E-state index contributed by atoms with van der Waals surface area (Å²) in [6.45, 7) is 4.35. The number of likely N-dealkylation sites (tertiary alicyclic amines) is 1. The molecule has 1 N–H and O–H groups in total. The van der Waals surface area contributed by atoms with Crippen LogP contribution in [0.1, 0.15) is 30.0 Å². The second kappa shape index (κ2) is 7.38. The van der Waals surface area contributed by atoms with E-state index in [0.717, 1.165) is 42.9 Å². The summed E-state index contributed by atoms with van der Waals surface area (Å²) in [6.07, 6.45) is 4.10. The number of nitrogens with one attached hydrogen (secondary N) is 1. The summed E-state index contributed by atoms with van der Waals surface area (Å²) in [5.41, 5.74) is 3.15. The predicted octanol–water partition coefficient (Wildman–Crippen LogP) is 3.21. The number of amides is 1. The number of carbonyl (C=O) groups is 1. The molecule has 1 unspecified atom stereocenters. The minimum Gasteiger partial charge on any atom is -0.325 e. The van der Waals surface area contributed by atoms with Crippen LogP contribution in [0.25, 0.3) is 0 Å². The Hall–Kier alpha value is -2.20. The number of anilines is 1. The third-order valence-electron chi connectivity index (χ3n) is 4.28. The summed E-state index contributed by atoms with van der Waals surface area (Å²) in [4.78, 5) is 19.0. The standard InChI is InChI=1S/C19H23N3O/c1-15-6-4-8-17(12-15)21-19(23)14-22-11-5-7-16(13-22)18-9-2-3-10-20-18/h2-4,6,8-10,12,16H,5,7,11,13-14H2,1H3,(H,21,23). The van der Waals surface area contributed by atoms with Crippen LogP contribution in [0.3, 0.4) is 0 Å². The minimum absolute atomic E-state index is 0.0530. The highest BCUT2D eigenvalue weighted by molar-refractivity contribution is 5.92. The highest BCUT2D eigenvalue weighted by Gasteiger charge is 2.23. The highest BCUT2D eigenvalue weighted by atomic mass is 16.2. The van der Waals surface area contributed by atoms with E-state index >= 15 is 0 Å². The van der Waals surface area contributed by atoms with E-state index < -0.39 is 0 Å². The average Bonchev–Trinajstić information content (AvgIpc) is 2.56. The zero-order valence-electron chi connectivity index (χ0n) is 13.5. The molecule has 3 rings (SSSR count). The van der Waals surface area contributed by atoms with Gasteiger partial charge >= 0.3 is 0 Å². The second-order valence-corrected chi connectivity index (χ2v) is 6.25. The topological polar surface area (TPSA) is 45.2 Å². The fourth-order valence-electron chi connectivity index (χ4n) is 3.18. The Morgan fingerprint density at radius 3 is 3.00 bits per heavy atom. The van der Waals surface area contributed by atoms with E-state index in [1.807, 2.05) is 49.5 Å². The zero-order valence-corrected chi connectivity index (χ0v) is 13.5. The van der Waals surface area contributed by atoms with Gasteiger partial charge in [0.15, 0.2) is 0 Å². The van der Waals surface area contributed by atoms with E-state index in [1.165, 1.54) is 0 Å². The maximum Gasteiger partial charge on any atom is 0.238 e. The van der Waals surface area contributed by atoms with Gasteiger partial charge in [0.2, 0.25) is 5.91 Å². The first-order valence-corrected chi connectivity index (χ1v) is 8.20. The zero-order chi connectivity index (χ0) is 16.1. The summed E-state index contributed by atoms with van der Waals surface area (Å²) in [7, 11) is 0. The highest BCUT2D eigenvalue weighted by Crippen LogP contribution is 2.25. The van der Waals surface area contributed by atoms with Crippen LogP contribution in [0.15, 0.2) is 48.7 Å². The van der Waals surface area contributed by atoms with Crippen molar-refractivity contribution < 1.29 is 4.79 Å². The largest absolute Gasteiger partial charge is 0.325 e. The Labute approximate surface area is 137 Å². The Kier molecular flexibility index (Phi) is 5.03. The number of benzene rings is 1. The molecule has 4 heteroatoms. The van der Waals surface area contributed by atoms with Crippen molar-refractivity contribution >= 4 is 11.6 Å². The van der Waals surface area contributed by atoms with E-state index in [-0.39, 0.29) is 5.91 Å². The van der Waals surface area contributed by atoms with Gasteiger partial charge in [0.05, 0.1) is 6.54 Å². The van der Waals surface area contributed by atoms with Gasteiger partial charge < -0.3 is 5.32 Å². The van der Waals surface area contributed by atoms with E-state index in [1.54, 1.807) is 0 Å². The summed E-state index contributed by atoms with van der Waals surface area (Å²) in [5.74, 6) is 0.481. The Balaban J connectivity index is 1.56. The van der Waals surface area contributed by atoms with Crippen LogP contribution in [0, 0.1) is 6.92 Å². The molecule has 1 aromatic carbocycles. The number of hydrogen-bond donors (Lipinski definition) is 1. The number of aromatic nitrogens is 1. The molecule has 1 aliphatic heterocycles. The molecule has 1 atom stereocenters. The van der Waals surface area contributed by atoms with Gasteiger partial charge in [0.1, 0.15) is 0 Å². The third-order valence-corrected chi connectivity index (χ3v) is 4.28. The SMILES string of the molecule is Cc1cccc(NC(=O)CN2CCCC(c3ccccn3)C2)c1. The van der Waals surface area contributed by atoms with Crippen molar-refractivity contribution in [2.45, 2.75) is 25.7 Å². The normalized spacial score (nSPS) is 18.6. The first-order valence-electron chi connectivity index (χ1n) is 8.20. The molecule has 1 aromatic heterocycles. The van der Waals surface area contributed by atoms with Crippen LogP contribution in [-0.2, 0) is 4.79 Å². The lowest BCUT2D eigenvalue weighted by Gasteiger charge is -2.31. The molecule has 0 bridgehead atoms. The lowest BCUT2D eigenvalue weighted by molar-refractivity contribution is -0.117. The van der Waals surface area contributed by atoms with Gasteiger partial charge in [0.25, 0.3) is 0 Å². The Morgan fingerprint density at radius 2 is 2.22 bits per heavy atom. The minimum atomic E-state index is 0.0530. The number of carbonyl (C=O) groups excluding carboxylic acids is 1. The van der Waals surface area contributed by atoms with Crippen molar-refractivity contribution in [2.75, 3.05) is 25.0 Å². The van der Waals surface area contributed by atoms with E-state index in [4.69, 9.17) is 0 Å². The molecule has 0 aliphatic carbocycles. The van der Waals surface area contributed by atoms with Crippen molar-refractivity contribution in [3.8, 4) is 0 Å². The number of rotatable bonds is 4. The third kappa shape index (κ3) is 4.39. The van der Waals surface area contributed by atoms with Crippen LogP contribution < -0.4 is 5.32 Å². The maximum absolute atomic E-state index is 12.3. The van der Waals surface area contributed by atoms with Gasteiger partial charge in [-0.2, -0.15) is 0 Å². The molecule has 2 aromatic rings. The number of aryl methyl sites for hydroxylation is 1. The van der Waals surface area contributed by atoms with Gasteiger partial charge in [-0.25, -0.2) is 0 Å². The lowest BCUT2D eigenvalue weighted by Crippen LogP contribution is -2.39. The summed E-state index contributed by atoms with van der Waals surface area (Å²) < 4.78 is 0. The molecule has 1 saturated heterocycles. The molecule has 4 nitrogen and oxygen atoms in total. The van der Waals surface area contributed by atoms with Crippen molar-refractivity contribution in [2.24, 2.45) is 0 Å². The average molecular weight is 309 g/mol. The molecule has 1 amide bonds. The Morgan fingerprint density at radius 1 is 1.30 bits per heavy atom. The Bertz CT molecular complexity index is 657. The van der Waals surface area contributed by atoms with Gasteiger partial charge in [-0.3, -0.25) is 14.7 Å². The van der Waals surface area contributed by atoms with Gasteiger partial charge in [-0.15, -0.1) is 0 Å². The lowest BCUT2D eigenvalue weighted by atomic mass is 9.94. The summed E-state index contributed by atoms with van der Waals surface area (Å²) in [5, 5.41) is 2.99. The molecule has 1 fully saturated rings. The van der Waals surface area contributed by atoms with Crippen molar-refractivity contribution in [1.29, 1.82) is 0 Å². The van der Waals surface area contributed by atoms with Crippen LogP contribution in [0.2, 0.25) is 0 Å². The molecule has 0 radical (unpaired) electrons. The quantitative estimate of drug-likeness (QED) is 0.943. The van der Waals surface area contributed by atoms with Gasteiger partial charge in [-0.05, 0) is 56.1 Å². The van der Waals surface area contributed by atoms with Crippen LogP contribution in [0.4, 0.5) is 5.69 Å². The monoisotopic (exact) mass is 309 g/mol. The summed E-state index contributed by atoms with van der Waals surface area (Å²) >= 11 is 0. The molecular formula is C19H23N3O. The second-order valence-electron chi connectivity index (χ2n) is 6.25. The van der Waals surface area contributed by atoms with Crippen molar-refractivity contribution in [3.05, 3.63) is 59.9 Å². The van der Waals surface area contributed by atoms with Crippen molar-refractivity contribution in [1.82, 2.24) is 9.88 Å². The fourth-order valence-corrected chi connectivity index (χ4v) is 3.18. The fraction of sp³-hybridized carbons (Fsp3) is 0.368. The first kappa shape index (κ1) is 15.7. The summed E-state index contributed by atoms with van der Waals surface area (Å²) in [6, 6.07) is 14.0. The molecule has 23 heavy (non-hydrogen) atoms. The molecular weight excluding hydrogens is 286 g/mol. The number of pyridine rings is 1. The molecule has 120 valence electrons. The predicted molar refractivity (Wildman–Crippen MR) is 92.5 cm³/mol. The van der Waals surface area contributed by atoms with Gasteiger partial charge in [0, 0.05) is 30.0 Å². The van der Waals surface area contributed by atoms with E-state index in [2.05, 4.69) is 21.3 Å². The van der Waals surface area contributed by atoms with Crippen LogP contribution in [-0.4, -0.2) is 35.4 Å². The van der Waals surface area contributed by atoms with Crippen LogP contribution in [0.5, 0.6) is 0 Å². The number of hydrogen-bond acceptors (Lipinski definition) is 3. The van der Waals surface area contributed by atoms with E-state index in [0.29, 0.717) is 12.5 Å². The molecule has 0 spiro atoms. The number of piperidine rings is 1. The smallest absolute Gasteiger partial charge is 0.238 e. The molecule has 1 aliphatic rings. The first-order chi connectivity index (χ1) is 11.2. The maximum atomic E-state index is 12.3. The number of nitrogens with zero attached hydrogens (tertiary/aromatic N) is 2. The van der Waals surface area contributed by atoms with Gasteiger partial charge in [-0.1, -0.05) is 18.2 Å².